The second kappa shape index (κ2) is 13.1. The Kier molecular flexibility index (Phi) is 8.82. The summed E-state index contributed by atoms with van der Waals surface area (Å²) in [6.07, 6.45) is 9.73. The van der Waals surface area contributed by atoms with E-state index in [1.54, 1.807) is 24.3 Å². The minimum absolute atomic E-state index is 0.0110. The maximum absolute atomic E-state index is 14.3. The lowest BCUT2D eigenvalue weighted by Crippen LogP contribution is -2.43. The van der Waals surface area contributed by atoms with Crippen LogP contribution in [0.5, 0.6) is 11.5 Å². The van der Waals surface area contributed by atoms with Crippen molar-refractivity contribution in [3.63, 3.8) is 0 Å². The SMILES string of the molecule is O=C1Nc2c(ccc(F)c2F)C1(CC1CCCC1)c1ccc(O)cc1.O=C1Nc2c(ccc(F)c2F)C1(c1ccc(O)cc1)C1CCCCC1. The van der Waals surface area contributed by atoms with E-state index in [9.17, 15) is 37.4 Å². The number of phenols is 2. The molecule has 8 rings (SSSR count). The fourth-order valence-electron chi connectivity index (χ4n) is 8.90. The molecule has 2 fully saturated rings. The molecule has 2 unspecified atom stereocenters. The highest BCUT2D eigenvalue weighted by Crippen LogP contribution is 2.53. The Labute approximate surface area is 287 Å². The maximum Gasteiger partial charge on any atom is 0.239 e. The van der Waals surface area contributed by atoms with Gasteiger partial charge in [-0.2, -0.15) is 0 Å². The Morgan fingerprint density at radius 3 is 1.64 bits per heavy atom. The lowest BCUT2D eigenvalue weighted by molar-refractivity contribution is -0.121. The van der Waals surface area contributed by atoms with Crippen molar-refractivity contribution in [3.05, 3.63) is 118 Å². The molecule has 2 amide bonds. The first-order valence-corrected chi connectivity index (χ1v) is 17.3. The Morgan fingerprint density at radius 1 is 0.580 bits per heavy atom. The van der Waals surface area contributed by atoms with Gasteiger partial charge in [-0.25, -0.2) is 17.6 Å². The zero-order valence-electron chi connectivity index (χ0n) is 27.4. The first-order chi connectivity index (χ1) is 24.1. The number of hydrogen-bond acceptors (Lipinski definition) is 4. The second-order valence-electron chi connectivity index (χ2n) is 14.0. The molecule has 2 atom stereocenters. The Hall–Kier alpha value is -4.86. The van der Waals surface area contributed by atoms with Crippen LogP contribution < -0.4 is 10.6 Å². The smallest absolute Gasteiger partial charge is 0.239 e. The standard InChI is InChI=1S/2C20H19F2NO2/c21-16-10-9-15-18(17(16)22)23-19(25)20(15,11-12-3-1-2-4-12)13-5-7-14(24)8-6-13;21-16-11-10-15-18(17(16)22)23-19(25)20(15,12-4-2-1-3-5-12)13-6-8-14(24)9-7-13/h5-10,12,24H,1-4,11H2,(H,23,25);6-12,24H,1-5H2,(H,23,25). The van der Waals surface area contributed by atoms with Gasteiger partial charge in [-0.05, 0) is 89.8 Å². The van der Waals surface area contributed by atoms with Crippen LogP contribution >= 0.6 is 0 Å². The molecule has 4 N–H and O–H groups in total. The highest BCUT2D eigenvalue weighted by atomic mass is 19.2. The van der Waals surface area contributed by atoms with Gasteiger partial charge >= 0.3 is 0 Å². The van der Waals surface area contributed by atoms with E-state index in [2.05, 4.69) is 10.6 Å². The van der Waals surface area contributed by atoms with Crippen molar-refractivity contribution in [3.8, 4) is 11.5 Å². The van der Waals surface area contributed by atoms with Crippen LogP contribution in [0.25, 0.3) is 0 Å². The minimum atomic E-state index is -1.05. The maximum atomic E-state index is 14.3. The van der Waals surface area contributed by atoms with Crippen LogP contribution in [0, 0.1) is 35.1 Å². The van der Waals surface area contributed by atoms with Gasteiger partial charge in [0.1, 0.15) is 22.3 Å². The van der Waals surface area contributed by atoms with Crippen LogP contribution in [0.4, 0.5) is 28.9 Å². The topological polar surface area (TPSA) is 98.7 Å². The number of amides is 2. The molecule has 0 aromatic heterocycles. The van der Waals surface area contributed by atoms with Gasteiger partial charge in [0.05, 0.1) is 11.4 Å². The molecule has 2 aliphatic heterocycles. The molecule has 4 aliphatic rings. The predicted octanol–water partition coefficient (Wildman–Crippen LogP) is 8.98. The number of carbonyl (C=O) groups is 2. The van der Waals surface area contributed by atoms with Crippen LogP contribution in [0.15, 0.2) is 72.8 Å². The molecule has 0 spiro atoms. The van der Waals surface area contributed by atoms with Crippen LogP contribution in [-0.2, 0) is 20.4 Å². The number of rotatable bonds is 5. The molecule has 50 heavy (non-hydrogen) atoms. The van der Waals surface area contributed by atoms with Gasteiger partial charge < -0.3 is 20.8 Å². The summed E-state index contributed by atoms with van der Waals surface area (Å²) in [6, 6.07) is 18.1. The van der Waals surface area contributed by atoms with E-state index in [0.717, 1.165) is 69.9 Å². The Morgan fingerprint density at radius 2 is 1.06 bits per heavy atom. The number of benzene rings is 4. The van der Waals surface area contributed by atoms with E-state index in [1.165, 1.54) is 36.4 Å². The van der Waals surface area contributed by atoms with Crippen LogP contribution in [-0.4, -0.2) is 22.0 Å². The quantitative estimate of drug-likeness (QED) is 0.158. The monoisotopic (exact) mass is 686 g/mol. The van der Waals surface area contributed by atoms with E-state index in [1.807, 2.05) is 0 Å². The number of nitrogens with one attached hydrogen (secondary N) is 2. The lowest BCUT2D eigenvalue weighted by Gasteiger charge is -2.39. The number of anilines is 2. The van der Waals surface area contributed by atoms with Gasteiger partial charge in [-0.3, -0.25) is 9.59 Å². The molecule has 0 radical (unpaired) electrons. The van der Waals surface area contributed by atoms with Gasteiger partial charge in [0.25, 0.3) is 0 Å². The van der Waals surface area contributed by atoms with Gasteiger partial charge in [0.2, 0.25) is 11.8 Å². The minimum Gasteiger partial charge on any atom is -0.508 e. The van der Waals surface area contributed by atoms with Crippen LogP contribution in [0.2, 0.25) is 0 Å². The number of halogens is 4. The third-order valence-corrected chi connectivity index (χ3v) is 11.3. The molecule has 6 nitrogen and oxygen atoms in total. The summed E-state index contributed by atoms with van der Waals surface area (Å²) in [5, 5.41) is 24.4. The van der Waals surface area contributed by atoms with Gasteiger partial charge in [0, 0.05) is 0 Å². The summed E-state index contributed by atoms with van der Waals surface area (Å²) >= 11 is 0. The number of fused-ring (bicyclic) bond motifs is 2. The summed E-state index contributed by atoms with van der Waals surface area (Å²) in [4.78, 5) is 26.2. The zero-order valence-corrected chi connectivity index (χ0v) is 27.4. The average Bonchev–Trinajstić information content (AvgIpc) is 3.82. The van der Waals surface area contributed by atoms with E-state index in [-0.39, 0.29) is 40.6 Å². The van der Waals surface area contributed by atoms with Crippen molar-refractivity contribution in [2.24, 2.45) is 11.8 Å². The Bertz CT molecular complexity index is 1940. The van der Waals surface area contributed by atoms with E-state index in [0.29, 0.717) is 34.6 Å². The van der Waals surface area contributed by atoms with Gasteiger partial charge in [-0.1, -0.05) is 81.3 Å². The second-order valence-corrected chi connectivity index (χ2v) is 14.0. The summed E-state index contributed by atoms with van der Waals surface area (Å²) in [7, 11) is 0. The van der Waals surface area contributed by atoms with Crippen molar-refractivity contribution in [1.29, 1.82) is 0 Å². The molecule has 260 valence electrons. The van der Waals surface area contributed by atoms with Crippen molar-refractivity contribution in [2.45, 2.75) is 75.0 Å². The average molecular weight is 687 g/mol. The Balaban J connectivity index is 0.000000157. The van der Waals surface area contributed by atoms with E-state index >= 15 is 0 Å². The number of phenolic OH excluding ortho intramolecular Hbond substituents is 2. The molecule has 0 saturated heterocycles. The summed E-state index contributed by atoms with van der Waals surface area (Å²) < 4.78 is 56.0. The molecular formula is C40H38F4N2O4. The molecule has 2 saturated carbocycles. The van der Waals surface area contributed by atoms with Crippen molar-refractivity contribution >= 4 is 23.2 Å². The van der Waals surface area contributed by atoms with Crippen molar-refractivity contribution in [1.82, 2.24) is 0 Å². The van der Waals surface area contributed by atoms with Crippen LogP contribution in [0.1, 0.15) is 86.5 Å². The summed E-state index contributed by atoms with van der Waals surface area (Å²) in [5.74, 6) is -4.04. The molecule has 4 aromatic rings. The van der Waals surface area contributed by atoms with Crippen molar-refractivity contribution < 1.29 is 37.4 Å². The molecular weight excluding hydrogens is 648 g/mol. The number of aromatic hydroxyl groups is 2. The fourth-order valence-corrected chi connectivity index (χ4v) is 8.90. The number of carbonyl (C=O) groups excluding carboxylic acids is 2. The first-order valence-electron chi connectivity index (χ1n) is 17.3. The van der Waals surface area contributed by atoms with Gasteiger partial charge in [0.15, 0.2) is 23.3 Å². The normalized spacial score (nSPS) is 23.1. The third-order valence-electron chi connectivity index (χ3n) is 11.3. The van der Waals surface area contributed by atoms with E-state index < -0.39 is 34.1 Å². The highest BCUT2D eigenvalue weighted by molar-refractivity contribution is 6.10. The van der Waals surface area contributed by atoms with Crippen molar-refractivity contribution in [2.75, 3.05) is 10.6 Å². The highest BCUT2D eigenvalue weighted by Gasteiger charge is 2.55. The lowest BCUT2D eigenvalue weighted by atomic mass is 9.62. The molecule has 10 heteroatoms. The van der Waals surface area contributed by atoms with Crippen LogP contribution in [0.3, 0.4) is 0 Å². The predicted molar refractivity (Wildman–Crippen MR) is 181 cm³/mol. The molecule has 4 aromatic carbocycles. The number of hydrogen-bond donors (Lipinski definition) is 4. The van der Waals surface area contributed by atoms with E-state index in [4.69, 9.17) is 0 Å². The first kappa shape index (κ1) is 33.6. The fraction of sp³-hybridized carbons (Fsp3) is 0.350. The van der Waals surface area contributed by atoms with Gasteiger partial charge in [-0.15, -0.1) is 0 Å². The zero-order chi connectivity index (χ0) is 35.2. The summed E-state index contributed by atoms with van der Waals surface area (Å²) in [6.45, 7) is 0. The third kappa shape index (κ3) is 5.40. The molecule has 2 heterocycles. The molecule has 0 bridgehead atoms. The largest absolute Gasteiger partial charge is 0.508 e. The summed E-state index contributed by atoms with van der Waals surface area (Å²) in [5.41, 5.74) is 0.173. The molecule has 2 aliphatic carbocycles.